The first-order valence-electron chi connectivity index (χ1n) is 5.34. The minimum Gasteiger partial charge on any atom is -0.257 e. The Labute approximate surface area is 112 Å². The van der Waals surface area contributed by atoms with Crippen LogP contribution in [0, 0.1) is 5.92 Å². The first kappa shape index (κ1) is 14.7. The van der Waals surface area contributed by atoms with Crippen LogP contribution in [-0.2, 0) is 15.6 Å². The van der Waals surface area contributed by atoms with Gasteiger partial charge in [0.15, 0.2) is 9.84 Å². The fraction of sp³-hybridized carbons (Fsp3) is 0.545. The van der Waals surface area contributed by atoms with Gasteiger partial charge in [0.1, 0.15) is 0 Å². The Hall–Kier alpha value is -0.320. The molecule has 0 aromatic carbocycles. The maximum Gasteiger partial charge on any atom is 0.156 e. The minimum atomic E-state index is -3.17. The molecule has 0 N–H and O–H groups in total. The van der Waals surface area contributed by atoms with Gasteiger partial charge in [-0.2, -0.15) is 0 Å². The van der Waals surface area contributed by atoms with E-state index in [1.807, 2.05) is 13.8 Å². The molecule has 3 nitrogen and oxygen atoms in total. The van der Waals surface area contributed by atoms with Gasteiger partial charge in [0.25, 0.3) is 0 Å². The van der Waals surface area contributed by atoms with Crippen molar-refractivity contribution in [1.82, 2.24) is 4.98 Å². The number of rotatable bonds is 5. The zero-order chi connectivity index (χ0) is 13.1. The normalized spacial score (nSPS) is 13.6. The van der Waals surface area contributed by atoms with Crippen LogP contribution in [0.3, 0.4) is 0 Å². The lowest BCUT2D eigenvalue weighted by Gasteiger charge is -2.09. The van der Waals surface area contributed by atoms with Gasteiger partial charge in [0, 0.05) is 6.20 Å². The summed E-state index contributed by atoms with van der Waals surface area (Å²) in [7, 11) is -3.17. The number of pyridine rings is 1. The Morgan fingerprint density at radius 3 is 2.59 bits per heavy atom. The van der Waals surface area contributed by atoms with Crippen LogP contribution in [0.1, 0.15) is 26.0 Å². The monoisotopic (exact) mass is 295 g/mol. The van der Waals surface area contributed by atoms with Crippen LogP contribution in [0.25, 0.3) is 0 Å². The van der Waals surface area contributed by atoms with Crippen molar-refractivity contribution in [2.45, 2.75) is 26.0 Å². The number of sulfone groups is 1. The molecular formula is C11H15Cl2NO2S. The second-order valence-electron chi connectivity index (χ2n) is 4.15. The van der Waals surface area contributed by atoms with Gasteiger partial charge in [0.05, 0.1) is 27.2 Å². The van der Waals surface area contributed by atoms with E-state index in [2.05, 4.69) is 4.98 Å². The van der Waals surface area contributed by atoms with Crippen molar-refractivity contribution < 1.29 is 8.42 Å². The molecule has 0 aliphatic carbocycles. The molecule has 0 unspecified atom stereocenters. The molecule has 96 valence electrons. The van der Waals surface area contributed by atoms with Crippen LogP contribution < -0.4 is 0 Å². The summed E-state index contributed by atoms with van der Waals surface area (Å²) in [6, 6.07) is 1.50. The molecule has 1 aromatic heterocycles. The maximum atomic E-state index is 11.9. The van der Waals surface area contributed by atoms with E-state index in [0.717, 1.165) is 6.42 Å². The lowest BCUT2D eigenvalue weighted by Crippen LogP contribution is -2.16. The number of hydrogen-bond acceptors (Lipinski definition) is 3. The van der Waals surface area contributed by atoms with Crippen LogP contribution >= 0.6 is 23.2 Å². The van der Waals surface area contributed by atoms with Crippen molar-refractivity contribution in [3.63, 3.8) is 0 Å². The van der Waals surface area contributed by atoms with Crippen LogP contribution in [0.15, 0.2) is 12.3 Å². The Kier molecular flexibility index (Phi) is 5.22. The summed E-state index contributed by atoms with van der Waals surface area (Å²) in [5, 5.41) is 0.698. The number of nitrogens with zero attached hydrogens (tertiary/aromatic N) is 1. The molecule has 0 amide bonds. The zero-order valence-corrected chi connectivity index (χ0v) is 12.1. The molecule has 0 aliphatic heterocycles. The summed E-state index contributed by atoms with van der Waals surface area (Å²) in [4.78, 5) is 3.95. The molecule has 6 heteroatoms. The van der Waals surface area contributed by atoms with E-state index < -0.39 is 9.84 Å². The van der Waals surface area contributed by atoms with Crippen molar-refractivity contribution in [3.05, 3.63) is 28.0 Å². The molecule has 1 atom stereocenters. The highest BCUT2D eigenvalue weighted by molar-refractivity contribution is 7.90. The van der Waals surface area contributed by atoms with Crippen molar-refractivity contribution in [2.24, 2.45) is 5.92 Å². The third-order valence-corrected chi connectivity index (χ3v) is 4.80. The lowest BCUT2D eigenvalue weighted by molar-refractivity contribution is 0.563. The lowest BCUT2D eigenvalue weighted by atomic mass is 10.2. The molecular weight excluding hydrogens is 281 g/mol. The van der Waals surface area contributed by atoms with E-state index in [4.69, 9.17) is 23.2 Å². The van der Waals surface area contributed by atoms with Crippen molar-refractivity contribution in [2.75, 3.05) is 5.75 Å². The van der Waals surface area contributed by atoms with Gasteiger partial charge in [-0.3, -0.25) is 4.98 Å². The molecule has 1 rings (SSSR count). The minimum absolute atomic E-state index is 0.132. The fourth-order valence-electron chi connectivity index (χ4n) is 1.37. The molecule has 0 fully saturated rings. The van der Waals surface area contributed by atoms with Gasteiger partial charge in [-0.25, -0.2) is 8.42 Å². The molecule has 0 spiro atoms. The second kappa shape index (κ2) is 6.03. The molecule has 1 heterocycles. The van der Waals surface area contributed by atoms with Gasteiger partial charge in [-0.05, 0) is 12.0 Å². The van der Waals surface area contributed by atoms with Crippen LogP contribution in [-0.4, -0.2) is 19.2 Å². The maximum absolute atomic E-state index is 11.9. The SMILES string of the molecule is CC[C@@H](C)CS(=O)(=O)Cc1ncc(Cl)cc1Cl. The first-order valence-corrected chi connectivity index (χ1v) is 7.92. The summed E-state index contributed by atoms with van der Waals surface area (Å²) in [6.45, 7) is 3.88. The Balaban J connectivity index is 2.83. The third-order valence-electron chi connectivity index (χ3n) is 2.48. The molecule has 0 saturated carbocycles. The average molecular weight is 296 g/mol. The fourth-order valence-corrected chi connectivity index (χ4v) is 3.76. The average Bonchev–Trinajstić information content (AvgIpc) is 2.21. The topological polar surface area (TPSA) is 47.0 Å². The molecule has 0 bridgehead atoms. The summed E-state index contributed by atoms with van der Waals surface area (Å²) in [5.74, 6) is 0.170. The van der Waals surface area contributed by atoms with Gasteiger partial charge in [-0.1, -0.05) is 43.5 Å². The van der Waals surface area contributed by atoms with Crippen LogP contribution in [0.5, 0.6) is 0 Å². The second-order valence-corrected chi connectivity index (χ2v) is 7.10. The van der Waals surface area contributed by atoms with E-state index in [1.165, 1.54) is 12.3 Å². The van der Waals surface area contributed by atoms with E-state index in [1.54, 1.807) is 0 Å². The molecule has 0 radical (unpaired) electrons. The van der Waals surface area contributed by atoms with Crippen molar-refractivity contribution in [1.29, 1.82) is 0 Å². The van der Waals surface area contributed by atoms with E-state index in [0.29, 0.717) is 15.7 Å². The predicted molar refractivity (Wildman–Crippen MR) is 71.2 cm³/mol. The largest absolute Gasteiger partial charge is 0.257 e. The van der Waals surface area contributed by atoms with Gasteiger partial charge < -0.3 is 0 Å². The summed E-state index contributed by atoms with van der Waals surface area (Å²) in [5.41, 5.74) is 0.361. The number of aromatic nitrogens is 1. The van der Waals surface area contributed by atoms with E-state index in [9.17, 15) is 8.42 Å². The predicted octanol–water partition coefficient (Wildman–Crippen LogP) is 3.35. The standard InChI is InChI=1S/C11H15Cl2NO2S/c1-3-8(2)6-17(15,16)7-11-10(13)4-9(12)5-14-11/h4-5,8H,3,6-7H2,1-2H3/t8-/m1/s1. The Morgan fingerprint density at radius 2 is 2.06 bits per heavy atom. The zero-order valence-electron chi connectivity index (χ0n) is 9.78. The smallest absolute Gasteiger partial charge is 0.156 e. The Bertz CT molecular complexity index is 488. The molecule has 0 saturated heterocycles. The van der Waals surface area contributed by atoms with Crippen molar-refractivity contribution >= 4 is 33.0 Å². The molecule has 0 aliphatic rings. The summed E-state index contributed by atoms with van der Waals surface area (Å²) >= 11 is 11.6. The third kappa shape index (κ3) is 4.82. The van der Waals surface area contributed by atoms with Crippen LogP contribution in [0.4, 0.5) is 0 Å². The van der Waals surface area contributed by atoms with Gasteiger partial charge in [0.2, 0.25) is 0 Å². The highest BCUT2D eigenvalue weighted by Crippen LogP contribution is 2.21. The Morgan fingerprint density at radius 1 is 1.41 bits per heavy atom. The highest BCUT2D eigenvalue weighted by Gasteiger charge is 2.18. The number of halogens is 2. The van der Waals surface area contributed by atoms with Crippen LogP contribution in [0.2, 0.25) is 10.0 Å². The highest BCUT2D eigenvalue weighted by atomic mass is 35.5. The van der Waals surface area contributed by atoms with Gasteiger partial charge >= 0.3 is 0 Å². The molecule has 1 aromatic rings. The van der Waals surface area contributed by atoms with Gasteiger partial charge in [-0.15, -0.1) is 0 Å². The summed E-state index contributed by atoms with van der Waals surface area (Å²) < 4.78 is 23.7. The van der Waals surface area contributed by atoms with E-state index in [-0.39, 0.29) is 17.4 Å². The first-order chi connectivity index (χ1) is 7.84. The summed E-state index contributed by atoms with van der Waals surface area (Å²) in [6.07, 6.45) is 2.24. The quantitative estimate of drug-likeness (QED) is 0.837. The number of hydrogen-bond donors (Lipinski definition) is 0. The molecule has 17 heavy (non-hydrogen) atoms. The van der Waals surface area contributed by atoms with E-state index >= 15 is 0 Å². The van der Waals surface area contributed by atoms with Crippen molar-refractivity contribution in [3.8, 4) is 0 Å².